The van der Waals surface area contributed by atoms with E-state index in [1.807, 2.05) is 0 Å². The van der Waals surface area contributed by atoms with Gasteiger partial charge in [0.1, 0.15) is 0 Å². The molecular formula is C61H67N. The van der Waals surface area contributed by atoms with Gasteiger partial charge in [0, 0.05) is 22.5 Å². The summed E-state index contributed by atoms with van der Waals surface area (Å²) >= 11 is 0. The smallest absolute Gasteiger partial charge is 0.0467 e. The normalized spacial score (nSPS) is 13.8. The van der Waals surface area contributed by atoms with E-state index in [1.54, 1.807) is 0 Å². The van der Waals surface area contributed by atoms with Crippen molar-refractivity contribution in [2.45, 2.75) is 124 Å². The van der Waals surface area contributed by atoms with Crippen LogP contribution in [-0.2, 0) is 27.1 Å². The van der Waals surface area contributed by atoms with Crippen LogP contribution in [0.2, 0.25) is 0 Å². The lowest BCUT2D eigenvalue weighted by Gasteiger charge is -2.30. The first-order chi connectivity index (χ1) is 29.0. The highest BCUT2D eigenvalue weighted by Crippen LogP contribution is 2.51. The summed E-state index contributed by atoms with van der Waals surface area (Å²) in [5.41, 5.74) is 21.8. The van der Waals surface area contributed by atoms with Gasteiger partial charge < -0.3 is 4.90 Å². The Bertz CT molecular complexity index is 2750. The fourth-order valence-corrected chi connectivity index (χ4v) is 9.12. The Labute approximate surface area is 373 Å². The molecule has 0 atom stereocenters. The van der Waals surface area contributed by atoms with Gasteiger partial charge in [0.25, 0.3) is 0 Å². The van der Waals surface area contributed by atoms with Gasteiger partial charge in [-0.25, -0.2) is 0 Å². The van der Waals surface area contributed by atoms with Crippen LogP contribution in [0.1, 0.15) is 130 Å². The average Bonchev–Trinajstić information content (AvgIpc) is 3.45. The van der Waals surface area contributed by atoms with Crippen molar-refractivity contribution >= 4 is 17.1 Å². The maximum absolute atomic E-state index is 2.45. The molecule has 0 heterocycles. The molecule has 0 saturated heterocycles. The highest BCUT2D eigenvalue weighted by Gasteiger charge is 2.36. The minimum absolute atomic E-state index is 0.00350. The summed E-state index contributed by atoms with van der Waals surface area (Å²) in [4.78, 5) is 2.45. The van der Waals surface area contributed by atoms with Crippen LogP contribution in [0, 0.1) is 0 Å². The molecule has 62 heavy (non-hydrogen) atoms. The summed E-state index contributed by atoms with van der Waals surface area (Å²) in [6, 6.07) is 57.9. The van der Waals surface area contributed by atoms with E-state index in [4.69, 9.17) is 0 Å². The molecule has 7 aromatic carbocycles. The highest BCUT2D eigenvalue weighted by atomic mass is 15.1. The van der Waals surface area contributed by atoms with Crippen LogP contribution < -0.4 is 4.90 Å². The largest absolute Gasteiger partial charge is 0.310 e. The molecule has 8 rings (SSSR count). The van der Waals surface area contributed by atoms with Gasteiger partial charge in [-0.05, 0) is 142 Å². The predicted octanol–water partition coefficient (Wildman–Crippen LogP) is 17.7. The third-order valence-corrected chi connectivity index (χ3v) is 13.2. The molecule has 0 amide bonds. The van der Waals surface area contributed by atoms with E-state index in [1.165, 1.54) is 83.6 Å². The van der Waals surface area contributed by atoms with Crippen molar-refractivity contribution in [2.75, 3.05) is 4.90 Å². The zero-order valence-corrected chi connectivity index (χ0v) is 39.9. The third-order valence-electron chi connectivity index (χ3n) is 13.2. The van der Waals surface area contributed by atoms with E-state index < -0.39 is 0 Å². The molecule has 1 aliphatic rings. The number of rotatable bonds is 6. The van der Waals surface area contributed by atoms with E-state index in [9.17, 15) is 0 Å². The van der Waals surface area contributed by atoms with Gasteiger partial charge in [-0.1, -0.05) is 206 Å². The summed E-state index contributed by atoms with van der Waals surface area (Å²) in [6.45, 7) is 32.5. The summed E-state index contributed by atoms with van der Waals surface area (Å²) < 4.78 is 0. The number of benzene rings is 7. The molecule has 316 valence electrons. The summed E-state index contributed by atoms with van der Waals surface area (Å²) in [7, 11) is 0. The van der Waals surface area contributed by atoms with Crippen molar-refractivity contribution in [3.05, 3.63) is 185 Å². The van der Waals surface area contributed by atoms with Crippen molar-refractivity contribution in [3.63, 3.8) is 0 Å². The molecule has 0 aromatic heterocycles. The maximum Gasteiger partial charge on any atom is 0.0467 e. The van der Waals surface area contributed by atoms with Gasteiger partial charge in [0.2, 0.25) is 0 Å². The summed E-state index contributed by atoms with van der Waals surface area (Å²) in [6.07, 6.45) is 0. The second kappa shape index (κ2) is 15.3. The van der Waals surface area contributed by atoms with Crippen molar-refractivity contribution in [1.82, 2.24) is 0 Å². The first-order valence-corrected chi connectivity index (χ1v) is 22.7. The second-order valence-electron chi connectivity index (χ2n) is 22.5. The second-order valence-corrected chi connectivity index (χ2v) is 22.5. The molecule has 0 bridgehead atoms. The number of nitrogens with zero attached hydrogens (tertiary/aromatic N) is 1. The molecule has 0 spiro atoms. The number of anilines is 3. The van der Waals surface area contributed by atoms with E-state index in [-0.39, 0.29) is 27.1 Å². The third kappa shape index (κ3) is 8.32. The zero-order chi connectivity index (χ0) is 44.6. The molecule has 1 aliphatic carbocycles. The number of hydrogen-bond donors (Lipinski definition) is 0. The molecule has 0 unspecified atom stereocenters. The van der Waals surface area contributed by atoms with Gasteiger partial charge in [0.05, 0.1) is 0 Å². The van der Waals surface area contributed by atoms with Crippen molar-refractivity contribution in [2.24, 2.45) is 0 Å². The Morgan fingerprint density at radius 2 is 0.758 bits per heavy atom. The van der Waals surface area contributed by atoms with Crippen LogP contribution in [0.25, 0.3) is 44.5 Å². The summed E-state index contributed by atoms with van der Waals surface area (Å²) in [5, 5.41) is 0. The van der Waals surface area contributed by atoms with Crippen molar-refractivity contribution in [1.29, 1.82) is 0 Å². The standard InChI is InChI=1S/C61H67N/c1-57(2,3)46-20-18-22-51(38-46)62(52-29-30-54-53-23-15-16-24-55(53)61(13,14)56(54)39-52)50-21-17-19-42(36-50)40-25-27-41(28-26-40)43-31-44(33-47(32-43)58(4,5)6)45-34-48(59(7,8)9)37-49(35-45)60(10,11)12/h15-39H,1-14H3. The molecule has 0 saturated carbocycles. The van der Waals surface area contributed by atoms with Gasteiger partial charge in [-0.3, -0.25) is 0 Å². The average molecular weight is 814 g/mol. The zero-order valence-electron chi connectivity index (χ0n) is 39.9. The lowest BCUT2D eigenvalue weighted by Crippen LogP contribution is -2.17. The Morgan fingerprint density at radius 1 is 0.306 bits per heavy atom. The minimum atomic E-state index is -0.0938. The monoisotopic (exact) mass is 814 g/mol. The topological polar surface area (TPSA) is 3.24 Å². The van der Waals surface area contributed by atoms with Crippen LogP contribution in [0.5, 0.6) is 0 Å². The Kier molecular flexibility index (Phi) is 10.6. The minimum Gasteiger partial charge on any atom is -0.310 e. The first kappa shape index (κ1) is 43.0. The lowest BCUT2D eigenvalue weighted by atomic mass is 9.78. The van der Waals surface area contributed by atoms with E-state index in [0.29, 0.717) is 0 Å². The molecule has 7 aromatic rings. The van der Waals surface area contributed by atoms with Gasteiger partial charge in [-0.15, -0.1) is 0 Å². The van der Waals surface area contributed by atoms with Crippen molar-refractivity contribution < 1.29 is 0 Å². The van der Waals surface area contributed by atoms with Crippen LogP contribution in [0.3, 0.4) is 0 Å². The maximum atomic E-state index is 2.45. The van der Waals surface area contributed by atoms with Crippen LogP contribution in [0.15, 0.2) is 152 Å². The van der Waals surface area contributed by atoms with E-state index in [2.05, 4.69) is 253 Å². The molecule has 0 aliphatic heterocycles. The Morgan fingerprint density at radius 3 is 1.34 bits per heavy atom. The highest BCUT2D eigenvalue weighted by molar-refractivity contribution is 5.87. The van der Waals surface area contributed by atoms with Gasteiger partial charge >= 0.3 is 0 Å². The van der Waals surface area contributed by atoms with Gasteiger partial charge in [-0.2, -0.15) is 0 Å². The SMILES string of the molecule is CC(C)(C)c1cc(-c2ccc(-c3cccc(N(c4cccc(C(C)(C)C)c4)c4ccc5c(c4)C(C)(C)c4ccccc4-5)c3)cc2)cc(-c2cc(C(C)(C)C)cc(C(C)(C)C)c2)c1. The number of fused-ring (bicyclic) bond motifs is 3. The van der Waals surface area contributed by atoms with Gasteiger partial charge in [0.15, 0.2) is 0 Å². The van der Waals surface area contributed by atoms with Crippen molar-refractivity contribution in [3.8, 4) is 44.5 Å². The van der Waals surface area contributed by atoms with Crippen LogP contribution in [-0.4, -0.2) is 0 Å². The molecular weight excluding hydrogens is 747 g/mol. The predicted molar refractivity (Wildman–Crippen MR) is 270 cm³/mol. The first-order valence-electron chi connectivity index (χ1n) is 22.7. The molecule has 0 radical (unpaired) electrons. The Hall–Kier alpha value is -5.66. The lowest BCUT2D eigenvalue weighted by molar-refractivity contribution is 0.569. The fraction of sp³-hybridized carbons (Fsp3) is 0.311. The summed E-state index contributed by atoms with van der Waals surface area (Å²) in [5.74, 6) is 0. The van der Waals surface area contributed by atoms with Crippen LogP contribution in [0.4, 0.5) is 17.1 Å². The number of hydrogen-bond acceptors (Lipinski definition) is 1. The molecule has 1 heteroatoms. The van der Waals surface area contributed by atoms with Crippen LogP contribution >= 0.6 is 0 Å². The fourth-order valence-electron chi connectivity index (χ4n) is 9.12. The molecule has 0 N–H and O–H groups in total. The van der Waals surface area contributed by atoms with E-state index >= 15 is 0 Å². The van der Waals surface area contributed by atoms with E-state index in [0.717, 1.165) is 11.4 Å². The quantitative estimate of drug-likeness (QED) is 0.162. The Balaban J connectivity index is 1.20. The molecule has 1 nitrogen and oxygen atoms in total. The molecule has 0 fully saturated rings.